The van der Waals surface area contributed by atoms with Crippen LogP contribution in [-0.4, -0.2) is 10.9 Å². The van der Waals surface area contributed by atoms with Gasteiger partial charge >= 0.3 is 0 Å². The van der Waals surface area contributed by atoms with Gasteiger partial charge in [-0.1, -0.05) is 26.2 Å². The number of nitrogens with two attached hydrogens (primary N) is 1. The Kier molecular flexibility index (Phi) is 5.39. The summed E-state index contributed by atoms with van der Waals surface area (Å²) >= 11 is 0. The lowest BCUT2D eigenvalue weighted by atomic mass is 9.79. The van der Waals surface area contributed by atoms with E-state index in [2.05, 4.69) is 17.2 Å². The predicted molar refractivity (Wildman–Crippen MR) is 82.3 cm³/mol. The monoisotopic (exact) mass is 275 g/mol. The van der Waals surface area contributed by atoms with Crippen molar-refractivity contribution in [1.29, 1.82) is 0 Å². The summed E-state index contributed by atoms with van der Waals surface area (Å²) in [5.41, 5.74) is 6.27. The van der Waals surface area contributed by atoms with E-state index in [1.165, 1.54) is 32.1 Å². The molecule has 1 amide bonds. The van der Waals surface area contributed by atoms with Crippen LogP contribution >= 0.6 is 0 Å². The predicted octanol–water partition coefficient (Wildman–Crippen LogP) is 3.60. The van der Waals surface area contributed by atoms with Gasteiger partial charge in [0.25, 0.3) is 0 Å². The van der Waals surface area contributed by atoms with Crippen molar-refractivity contribution in [2.24, 2.45) is 11.8 Å². The van der Waals surface area contributed by atoms with Crippen LogP contribution in [0.2, 0.25) is 0 Å². The first kappa shape index (κ1) is 14.8. The summed E-state index contributed by atoms with van der Waals surface area (Å²) in [6.45, 7) is 2.24. The quantitative estimate of drug-likeness (QED) is 0.862. The Bertz CT molecular complexity index is 422. The molecule has 0 atom stereocenters. The smallest absolute Gasteiger partial charge is 0.227 e. The van der Waals surface area contributed by atoms with Crippen molar-refractivity contribution >= 4 is 17.4 Å². The Hall–Kier alpha value is -1.58. The zero-order valence-electron chi connectivity index (χ0n) is 12.3. The minimum atomic E-state index is 0.130. The fourth-order valence-electron chi connectivity index (χ4n) is 2.93. The minimum Gasteiger partial charge on any atom is -0.384 e. The number of hydrogen-bond acceptors (Lipinski definition) is 3. The molecule has 3 N–H and O–H groups in total. The first-order valence-corrected chi connectivity index (χ1v) is 7.71. The molecule has 0 bridgehead atoms. The Labute approximate surface area is 121 Å². The van der Waals surface area contributed by atoms with Gasteiger partial charge in [0.05, 0.1) is 11.9 Å². The van der Waals surface area contributed by atoms with E-state index in [-0.39, 0.29) is 11.8 Å². The fraction of sp³-hybridized carbons (Fsp3) is 0.625. The van der Waals surface area contributed by atoms with E-state index in [1.54, 1.807) is 18.3 Å². The molecule has 1 aromatic heterocycles. The topological polar surface area (TPSA) is 68.0 Å². The van der Waals surface area contributed by atoms with Gasteiger partial charge in [0, 0.05) is 5.92 Å². The van der Waals surface area contributed by atoms with Crippen LogP contribution < -0.4 is 11.1 Å². The van der Waals surface area contributed by atoms with Crippen LogP contribution in [0, 0.1) is 11.8 Å². The number of rotatable bonds is 5. The van der Waals surface area contributed by atoms with Gasteiger partial charge in [-0.05, 0) is 43.7 Å². The lowest BCUT2D eigenvalue weighted by molar-refractivity contribution is -0.121. The van der Waals surface area contributed by atoms with Gasteiger partial charge in [0.1, 0.15) is 5.82 Å². The second-order valence-electron chi connectivity index (χ2n) is 5.82. The molecule has 0 saturated heterocycles. The number of anilines is 2. The summed E-state index contributed by atoms with van der Waals surface area (Å²) in [4.78, 5) is 16.2. The average Bonchev–Trinajstić information content (AvgIpc) is 2.48. The van der Waals surface area contributed by atoms with Crippen molar-refractivity contribution in [2.75, 3.05) is 11.1 Å². The molecular weight excluding hydrogens is 250 g/mol. The van der Waals surface area contributed by atoms with Gasteiger partial charge in [0.15, 0.2) is 0 Å². The Morgan fingerprint density at radius 2 is 2.10 bits per heavy atom. The van der Waals surface area contributed by atoms with E-state index < -0.39 is 0 Å². The van der Waals surface area contributed by atoms with Crippen LogP contribution in [0.1, 0.15) is 51.9 Å². The molecule has 110 valence electrons. The number of amides is 1. The first-order valence-electron chi connectivity index (χ1n) is 7.71. The Morgan fingerprint density at radius 1 is 1.35 bits per heavy atom. The minimum absolute atomic E-state index is 0.130. The van der Waals surface area contributed by atoms with Crippen LogP contribution in [0.5, 0.6) is 0 Å². The molecular formula is C16H25N3O. The Balaban J connectivity index is 1.78. The number of nitrogens with zero attached hydrogens (tertiary/aromatic N) is 1. The molecule has 0 aromatic carbocycles. The van der Waals surface area contributed by atoms with Crippen LogP contribution in [0.15, 0.2) is 18.3 Å². The van der Waals surface area contributed by atoms with Gasteiger partial charge in [-0.15, -0.1) is 0 Å². The SMILES string of the molecule is CCCCC1CCC(C(=O)Nc2ccc(N)nc2)CC1. The van der Waals surface area contributed by atoms with Crippen molar-refractivity contribution in [1.82, 2.24) is 4.98 Å². The molecule has 1 aliphatic carbocycles. The molecule has 0 radical (unpaired) electrons. The van der Waals surface area contributed by atoms with Crippen LogP contribution in [0.4, 0.5) is 11.5 Å². The van der Waals surface area contributed by atoms with Crippen LogP contribution in [0.25, 0.3) is 0 Å². The van der Waals surface area contributed by atoms with Gasteiger partial charge in [-0.2, -0.15) is 0 Å². The highest BCUT2D eigenvalue weighted by Crippen LogP contribution is 2.32. The summed E-state index contributed by atoms with van der Waals surface area (Å²) < 4.78 is 0. The van der Waals surface area contributed by atoms with Crippen molar-refractivity contribution in [3.63, 3.8) is 0 Å². The summed E-state index contributed by atoms with van der Waals surface area (Å²) in [5.74, 6) is 1.59. The molecule has 20 heavy (non-hydrogen) atoms. The molecule has 2 rings (SSSR count). The zero-order chi connectivity index (χ0) is 14.4. The molecule has 0 spiro atoms. The molecule has 0 aliphatic heterocycles. The standard InChI is InChI=1S/C16H25N3O/c1-2-3-4-12-5-7-13(8-6-12)16(20)19-14-9-10-15(17)18-11-14/h9-13H,2-8H2,1H3,(H2,17,18)(H,19,20). The van der Waals surface area contributed by atoms with Gasteiger partial charge in [0.2, 0.25) is 5.91 Å². The van der Waals surface area contributed by atoms with Crippen LogP contribution in [-0.2, 0) is 4.79 Å². The summed E-state index contributed by atoms with van der Waals surface area (Å²) in [6, 6.07) is 3.50. The molecule has 1 aromatic rings. The number of nitrogen functional groups attached to an aromatic ring is 1. The van der Waals surface area contributed by atoms with Crippen molar-refractivity contribution in [2.45, 2.75) is 51.9 Å². The van der Waals surface area contributed by atoms with E-state index in [0.29, 0.717) is 5.82 Å². The van der Waals surface area contributed by atoms with Gasteiger partial charge in [-0.25, -0.2) is 4.98 Å². The number of pyridine rings is 1. The third-order valence-electron chi connectivity index (χ3n) is 4.24. The maximum Gasteiger partial charge on any atom is 0.227 e. The molecule has 1 saturated carbocycles. The van der Waals surface area contributed by atoms with Crippen molar-refractivity contribution in [3.05, 3.63) is 18.3 Å². The van der Waals surface area contributed by atoms with Crippen LogP contribution in [0.3, 0.4) is 0 Å². The first-order chi connectivity index (χ1) is 9.69. The summed E-state index contributed by atoms with van der Waals surface area (Å²) in [5, 5.41) is 2.94. The molecule has 0 unspecified atom stereocenters. The summed E-state index contributed by atoms with van der Waals surface area (Å²) in [7, 11) is 0. The highest BCUT2D eigenvalue weighted by Gasteiger charge is 2.25. The fourth-order valence-corrected chi connectivity index (χ4v) is 2.93. The van der Waals surface area contributed by atoms with E-state index in [1.807, 2.05) is 0 Å². The van der Waals surface area contributed by atoms with Crippen molar-refractivity contribution in [3.8, 4) is 0 Å². The normalized spacial score (nSPS) is 22.4. The number of unbranched alkanes of at least 4 members (excludes halogenated alkanes) is 1. The summed E-state index contributed by atoms with van der Waals surface area (Å²) in [6.07, 6.45) is 9.94. The number of carbonyl (C=O) groups is 1. The second kappa shape index (κ2) is 7.27. The molecule has 1 fully saturated rings. The third kappa shape index (κ3) is 4.22. The third-order valence-corrected chi connectivity index (χ3v) is 4.24. The second-order valence-corrected chi connectivity index (χ2v) is 5.82. The van der Waals surface area contributed by atoms with E-state index in [9.17, 15) is 4.79 Å². The number of nitrogens with one attached hydrogen (secondary N) is 1. The van der Waals surface area contributed by atoms with E-state index in [0.717, 1.165) is 24.4 Å². The lowest BCUT2D eigenvalue weighted by Gasteiger charge is -2.27. The molecule has 4 heteroatoms. The number of carbonyl (C=O) groups excluding carboxylic acids is 1. The average molecular weight is 275 g/mol. The largest absolute Gasteiger partial charge is 0.384 e. The number of hydrogen-bond donors (Lipinski definition) is 2. The highest BCUT2D eigenvalue weighted by atomic mass is 16.1. The molecule has 1 heterocycles. The zero-order valence-corrected chi connectivity index (χ0v) is 12.3. The highest BCUT2D eigenvalue weighted by molar-refractivity contribution is 5.92. The molecule has 4 nitrogen and oxygen atoms in total. The maximum atomic E-state index is 12.2. The van der Waals surface area contributed by atoms with Crippen molar-refractivity contribution < 1.29 is 4.79 Å². The van der Waals surface area contributed by atoms with E-state index in [4.69, 9.17) is 5.73 Å². The van der Waals surface area contributed by atoms with E-state index >= 15 is 0 Å². The Morgan fingerprint density at radius 3 is 2.70 bits per heavy atom. The van der Waals surface area contributed by atoms with Gasteiger partial charge < -0.3 is 11.1 Å². The van der Waals surface area contributed by atoms with Gasteiger partial charge in [-0.3, -0.25) is 4.79 Å². The lowest BCUT2D eigenvalue weighted by Crippen LogP contribution is -2.27. The maximum absolute atomic E-state index is 12.2. The number of aromatic nitrogens is 1. The molecule has 1 aliphatic rings.